The largest absolute Gasteiger partial charge is 0.308 e. The third-order valence-electron chi connectivity index (χ3n) is 4.04. The van der Waals surface area contributed by atoms with Crippen molar-refractivity contribution >= 4 is 33.1 Å². The van der Waals surface area contributed by atoms with Crippen LogP contribution in [0.25, 0.3) is 0 Å². The number of thiophene rings is 1. The van der Waals surface area contributed by atoms with Gasteiger partial charge in [-0.1, -0.05) is 19.9 Å². The molecule has 3 heterocycles. The predicted molar refractivity (Wildman–Crippen MR) is 92.5 cm³/mol. The van der Waals surface area contributed by atoms with Crippen molar-refractivity contribution in [2.75, 3.05) is 11.9 Å². The number of nitrogens with one attached hydrogen (secondary N) is 2. The van der Waals surface area contributed by atoms with E-state index in [4.69, 9.17) is 0 Å². The first-order valence-corrected chi connectivity index (χ1v) is 10.1. The van der Waals surface area contributed by atoms with E-state index < -0.39 is 16.1 Å². The summed E-state index contributed by atoms with van der Waals surface area (Å²) in [5.74, 6) is 0.351. The Bertz CT molecular complexity index is 812. The van der Waals surface area contributed by atoms with E-state index in [9.17, 15) is 13.2 Å². The van der Waals surface area contributed by atoms with Crippen LogP contribution in [0.2, 0.25) is 0 Å². The van der Waals surface area contributed by atoms with Crippen LogP contribution in [0.5, 0.6) is 0 Å². The molecule has 130 valence electrons. The van der Waals surface area contributed by atoms with Crippen LogP contribution in [0.3, 0.4) is 0 Å². The van der Waals surface area contributed by atoms with Crippen molar-refractivity contribution in [1.29, 1.82) is 0 Å². The zero-order chi connectivity index (χ0) is 17.3. The average molecular weight is 368 g/mol. The molecule has 1 amide bonds. The number of amides is 1. The second-order valence-corrected chi connectivity index (χ2v) is 9.12. The van der Waals surface area contributed by atoms with Crippen molar-refractivity contribution < 1.29 is 13.2 Å². The molecule has 0 radical (unpaired) electrons. The van der Waals surface area contributed by atoms with E-state index in [1.54, 1.807) is 23.6 Å². The number of carbonyl (C=O) groups is 1. The Hall–Kier alpha value is -1.71. The Morgan fingerprint density at radius 2 is 2.29 bits per heavy atom. The quantitative estimate of drug-likeness (QED) is 0.847. The minimum Gasteiger partial charge on any atom is -0.308 e. The van der Waals surface area contributed by atoms with Gasteiger partial charge in [0.2, 0.25) is 5.91 Å². The van der Waals surface area contributed by atoms with Gasteiger partial charge in [0.1, 0.15) is 10.3 Å². The molecule has 0 aromatic carbocycles. The summed E-state index contributed by atoms with van der Waals surface area (Å²) in [4.78, 5) is 12.6. The summed E-state index contributed by atoms with van der Waals surface area (Å²) in [6.45, 7) is 4.40. The topological polar surface area (TPSA) is 95.2 Å². The number of rotatable bonds is 5. The van der Waals surface area contributed by atoms with Gasteiger partial charge in [-0.15, -0.1) is 11.3 Å². The van der Waals surface area contributed by atoms with Gasteiger partial charge in [0.05, 0.1) is 0 Å². The molecule has 0 saturated carbocycles. The van der Waals surface area contributed by atoms with Gasteiger partial charge in [-0.3, -0.25) is 9.89 Å². The van der Waals surface area contributed by atoms with Crippen LogP contribution in [-0.4, -0.2) is 41.4 Å². The van der Waals surface area contributed by atoms with Crippen LogP contribution >= 0.6 is 11.3 Å². The number of hydrogen-bond donors (Lipinski definition) is 2. The first-order chi connectivity index (χ1) is 11.4. The molecule has 2 aromatic heterocycles. The summed E-state index contributed by atoms with van der Waals surface area (Å²) in [6.07, 6.45) is 1.18. The summed E-state index contributed by atoms with van der Waals surface area (Å²) in [7, 11) is -3.63. The molecule has 1 unspecified atom stereocenters. The number of carbonyl (C=O) groups excluding carboxylic acids is 1. The second-order valence-electron chi connectivity index (χ2n) is 6.06. The van der Waals surface area contributed by atoms with E-state index in [0.717, 1.165) is 17.0 Å². The Balaban J connectivity index is 1.76. The molecule has 9 heteroatoms. The SMILES string of the molecule is CC(C)c1cc(NC(=O)C2CCCN2S(=O)(=O)c2cccs2)n[nH]1. The number of aromatic nitrogens is 2. The summed E-state index contributed by atoms with van der Waals surface area (Å²) >= 11 is 1.16. The minimum atomic E-state index is -3.63. The Morgan fingerprint density at radius 1 is 1.50 bits per heavy atom. The van der Waals surface area contributed by atoms with Gasteiger partial charge >= 0.3 is 0 Å². The summed E-state index contributed by atoms with van der Waals surface area (Å²) < 4.78 is 26.9. The number of anilines is 1. The van der Waals surface area contributed by atoms with E-state index in [2.05, 4.69) is 15.5 Å². The smallest absolute Gasteiger partial charge is 0.253 e. The summed E-state index contributed by atoms with van der Waals surface area (Å²) in [5.41, 5.74) is 0.916. The van der Waals surface area contributed by atoms with Crippen LogP contribution in [0.15, 0.2) is 27.8 Å². The number of H-pyrrole nitrogens is 1. The van der Waals surface area contributed by atoms with Gasteiger partial charge in [0.25, 0.3) is 10.0 Å². The number of hydrogen-bond acceptors (Lipinski definition) is 5. The molecule has 3 rings (SSSR count). The van der Waals surface area contributed by atoms with Crippen molar-refractivity contribution in [3.63, 3.8) is 0 Å². The van der Waals surface area contributed by atoms with Crippen molar-refractivity contribution in [1.82, 2.24) is 14.5 Å². The van der Waals surface area contributed by atoms with Gasteiger partial charge < -0.3 is 5.32 Å². The van der Waals surface area contributed by atoms with Crippen LogP contribution in [0.4, 0.5) is 5.82 Å². The lowest BCUT2D eigenvalue weighted by Crippen LogP contribution is -2.42. The number of sulfonamides is 1. The number of aromatic amines is 1. The van der Waals surface area contributed by atoms with Gasteiger partial charge in [-0.25, -0.2) is 8.42 Å². The van der Waals surface area contributed by atoms with Crippen molar-refractivity contribution in [3.05, 3.63) is 29.3 Å². The lowest BCUT2D eigenvalue weighted by Gasteiger charge is -2.22. The van der Waals surface area contributed by atoms with Gasteiger partial charge in [0.15, 0.2) is 5.82 Å². The Labute approximate surface area is 145 Å². The highest BCUT2D eigenvalue weighted by atomic mass is 32.2. The molecule has 1 fully saturated rings. The van der Waals surface area contributed by atoms with Crippen molar-refractivity contribution in [2.45, 2.75) is 42.9 Å². The fourth-order valence-electron chi connectivity index (χ4n) is 2.72. The molecule has 1 aliphatic heterocycles. The lowest BCUT2D eigenvalue weighted by molar-refractivity contribution is -0.119. The standard InChI is InChI=1S/C15H20N4O3S2/c1-10(2)11-9-13(18-17-11)16-15(20)12-5-3-7-19(12)24(21,22)14-6-4-8-23-14/h4,6,8-10,12H,3,5,7H2,1-2H3,(H2,16,17,18,20). The highest BCUT2D eigenvalue weighted by Gasteiger charge is 2.40. The van der Waals surface area contributed by atoms with Crippen molar-refractivity contribution in [2.24, 2.45) is 0 Å². The predicted octanol–water partition coefficient (Wildman–Crippen LogP) is 2.39. The monoisotopic (exact) mass is 368 g/mol. The van der Waals surface area contributed by atoms with E-state index in [1.807, 2.05) is 13.8 Å². The fourth-order valence-corrected chi connectivity index (χ4v) is 5.50. The minimum absolute atomic E-state index is 0.268. The van der Waals surface area contributed by atoms with Crippen molar-refractivity contribution in [3.8, 4) is 0 Å². The fraction of sp³-hybridized carbons (Fsp3) is 0.467. The molecule has 1 saturated heterocycles. The van der Waals surface area contributed by atoms with E-state index in [-0.39, 0.29) is 16.0 Å². The molecule has 1 aliphatic rings. The molecule has 0 bridgehead atoms. The van der Waals surface area contributed by atoms with E-state index in [1.165, 1.54) is 4.31 Å². The zero-order valence-corrected chi connectivity index (χ0v) is 15.2. The lowest BCUT2D eigenvalue weighted by atomic mass is 10.1. The first-order valence-electron chi connectivity index (χ1n) is 7.81. The van der Waals surface area contributed by atoms with Crippen LogP contribution in [-0.2, 0) is 14.8 Å². The molecular weight excluding hydrogens is 348 g/mol. The first kappa shape index (κ1) is 17.1. The van der Waals surface area contributed by atoms with Gasteiger partial charge in [0, 0.05) is 18.3 Å². The molecular formula is C15H20N4O3S2. The maximum Gasteiger partial charge on any atom is 0.253 e. The summed E-state index contributed by atoms with van der Waals surface area (Å²) in [6, 6.07) is 4.34. The Morgan fingerprint density at radius 3 is 2.92 bits per heavy atom. The third kappa shape index (κ3) is 3.24. The van der Waals surface area contributed by atoms with E-state index in [0.29, 0.717) is 25.2 Å². The summed E-state index contributed by atoms with van der Waals surface area (Å²) in [5, 5.41) is 11.4. The van der Waals surface area contributed by atoms with Gasteiger partial charge in [-0.2, -0.15) is 9.40 Å². The highest BCUT2D eigenvalue weighted by Crippen LogP contribution is 2.29. The molecule has 2 aromatic rings. The number of nitrogens with zero attached hydrogens (tertiary/aromatic N) is 2. The van der Waals surface area contributed by atoms with Crippen LogP contribution in [0.1, 0.15) is 38.3 Å². The molecule has 2 N–H and O–H groups in total. The molecule has 24 heavy (non-hydrogen) atoms. The van der Waals surface area contributed by atoms with E-state index >= 15 is 0 Å². The molecule has 0 spiro atoms. The Kier molecular flexibility index (Phi) is 4.75. The molecule has 1 atom stereocenters. The maximum absolute atomic E-state index is 12.7. The maximum atomic E-state index is 12.7. The molecule has 0 aliphatic carbocycles. The average Bonchev–Trinajstić information content (AvgIpc) is 3.27. The van der Waals surface area contributed by atoms with Gasteiger partial charge in [-0.05, 0) is 30.2 Å². The van der Waals surface area contributed by atoms with Crippen LogP contribution < -0.4 is 5.32 Å². The second kappa shape index (κ2) is 6.66. The normalized spacial score (nSPS) is 19.0. The van der Waals surface area contributed by atoms with Crippen LogP contribution in [0, 0.1) is 0 Å². The zero-order valence-electron chi connectivity index (χ0n) is 13.5. The molecule has 7 nitrogen and oxygen atoms in total. The highest BCUT2D eigenvalue weighted by molar-refractivity contribution is 7.91. The third-order valence-corrected chi connectivity index (χ3v) is 7.32.